The Balaban J connectivity index is 1.91. The maximum absolute atomic E-state index is 6.23. The van der Waals surface area contributed by atoms with Crippen molar-refractivity contribution in [2.75, 3.05) is 23.4 Å². The molecule has 0 bridgehead atoms. The molecule has 8 heteroatoms. The van der Waals surface area contributed by atoms with Crippen LogP contribution < -0.4 is 16.4 Å². The summed E-state index contributed by atoms with van der Waals surface area (Å²) in [7, 11) is 1.92. The molecule has 0 atom stereocenters. The summed E-state index contributed by atoms with van der Waals surface area (Å²) in [4.78, 5) is 14.5. The van der Waals surface area contributed by atoms with E-state index in [2.05, 4.69) is 15.0 Å². The van der Waals surface area contributed by atoms with Crippen molar-refractivity contribution < 1.29 is 0 Å². The average Bonchev–Trinajstić information content (AvgIpc) is 2.47. The van der Waals surface area contributed by atoms with Gasteiger partial charge < -0.3 is 16.4 Å². The fourth-order valence-corrected chi connectivity index (χ4v) is 2.86. The molecule has 0 amide bonds. The van der Waals surface area contributed by atoms with E-state index < -0.39 is 0 Å². The van der Waals surface area contributed by atoms with Crippen LogP contribution in [0.1, 0.15) is 5.69 Å². The number of nitrogens with zero attached hydrogens (tertiary/aromatic N) is 4. The number of fused-ring (bicyclic) bond motifs is 1. The number of hydrogen-bond donors (Lipinski definition) is 2. The SMILES string of the molecule is CN(Cc1ccc2nc(N)nc(N)c2n1)c1ccc(Cl)cc1Cl. The molecule has 23 heavy (non-hydrogen) atoms. The van der Waals surface area contributed by atoms with Crippen molar-refractivity contribution in [3.63, 3.8) is 0 Å². The maximum Gasteiger partial charge on any atom is 0.222 e. The van der Waals surface area contributed by atoms with Gasteiger partial charge in [-0.2, -0.15) is 4.98 Å². The van der Waals surface area contributed by atoms with Gasteiger partial charge in [0.2, 0.25) is 5.95 Å². The molecule has 4 N–H and O–H groups in total. The highest BCUT2D eigenvalue weighted by molar-refractivity contribution is 6.36. The Morgan fingerprint density at radius 1 is 1.04 bits per heavy atom. The molecule has 0 saturated carbocycles. The Hall–Kier alpha value is -2.31. The summed E-state index contributed by atoms with van der Waals surface area (Å²) in [5, 5.41) is 1.18. The first-order chi connectivity index (χ1) is 10.9. The molecule has 0 unspecified atom stereocenters. The minimum atomic E-state index is 0.134. The predicted molar refractivity (Wildman–Crippen MR) is 94.7 cm³/mol. The zero-order valence-electron chi connectivity index (χ0n) is 12.3. The van der Waals surface area contributed by atoms with Crippen LogP contribution in [0.15, 0.2) is 30.3 Å². The molecule has 0 spiro atoms. The summed E-state index contributed by atoms with van der Waals surface area (Å²) in [5.41, 5.74) is 14.3. The third-order valence-electron chi connectivity index (χ3n) is 3.36. The third kappa shape index (κ3) is 3.23. The number of nitrogens with two attached hydrogens (primary N) is 2. The lowest BCUT2D eigenvalue weighted by Crippen LogP contribution is -2.17. The molecule has 0 aliphatic carbocycles. The molecule has 2 aromatic heterocycles. The van der Waals surface area contributed by atoms with Crippen LogP contribution in [0.3, 0.4) is 0 Å². The molecule has 3 rings (SSSR count). The van der Waals surface area contributed by atoms with Gasteiger partial charge in [-0.15, -0.1) is 0 Å². The van der Waals surface area contributed by atoms with Gasteiger partial charge in [-0.05, 0) is 30.3 Å². The fourth-order valence-electron chi connectivity index (χ4n) is 2.30. The smallest absolute Gasteiger partial charge is 0.222 e. The second-order valence-electron chi connectivity index (χ2n) is 5.09. The molecule has 118 valence electrons. The van der Waals surface area contributed by atoms with Crippen LogP contribution in [0.4, 0.5) is 17.5 Å². The Morgan fingerprint density at radius 2 is 1.83 bits per heavy atom. The van der Waals surface area contributed by atoms with E-state index in [1.54, 1.807) is 12.1 Å². The van der Waals surface area contributed by atoms with E-state index in [0.717, 1.165) is 11.4 Å². The van der Waals surface area contributed by atoms with Crippen LogP contribution in [0.2, 0.25) is 10.0 Å². The van der Waals surface area contributed by atoms with Crippen molar-refractivity contribution in [1.82, 2.24) is 15.0 Å². The summed E-state index contributed by atoms with van der Waals surface area (Å²) in [5.74, 6) is 0.399. The number of hydrogen-bond acceptors (Lipinski definition) is 6. The first-order valence-corrected chi connectivity index (χ1v) is 7.54. The summed E-state index contributed by atoms with van der Waals surface area (Å²) < 4.78 is 0. The van der Waals surface area contributed by atoms with Gasteiger partial charge in [-0.25, -0.2) is 9.97 Å². The zero-order chi connectivity index (χ0) is 16.6. The highest BCUT2D eigenvalue weighted by atomic mass is 35.5. The quantitative estimate of drug-likeness (QED) is 0.754. The molecule has 2 heterocycles. The lowest BCUT2D eigenvalue weighted by Gasteiger charge is -2.20. The van der Waals surface area contributed by atoms with E-state index in [9.17, 15) is 0 Å². The lowest BCUT2D eigenvalue weighted by atomic mass is 10.2. The van der Waals surface area contributed by atoms with Gasteiger partial charge in [0.1, 0.15) is 5.52 Å². The first-order valence-electron chi connectivity index (χ1n) is 6.79. The van der Waals surface area contributed by atoms with Crippen LogP contribution in [0.5, 0.6) is 0 Å². The molecular formula is C15H14Cl2N6. The zero-order valence-corrected chi connectivity index (χ0v) is 13.8. The van der Waals surface area contributed by atoms with E-state index in [1.807, 2.05) is 30.1 Å². The Labute approximate surface area is 143 Å². The van der Waals surface area contributed by atoms with Crippen LogP contribution in [0.25, 0.3) is 11.0 Å². The first kappa shape index (κ1) is 15.6. The summed E-state index contributed by atoms with van der Waals surface area (Å²) in [6, 6.07) is 9.06. The number of nitrogen functional groups attached to an aromatic ring is 2. The van der Waals surface area contributed by atoms with Crippen LogP contribution in [-0.2, 0) is 6.54 Å². The van der Waals surface area contributed by atoms with Gasteiger partial charge in [0.05, 0.1) is 28.5 Å². The normalized spacial score (nSPS) is 10.9. The van der Waals surface area contributed by atoms with Gasteiger partial charge in [0, 0.05) is 12.1 Å². The third-order valence-corrected chi connectivity index (χ3v) is 3.90. The standard InChI is InChI=1S/C15H14Cl2N6/c1-23(12-5-2-8(16)6-10(12)17)7-9-3-4-11-13(20-9)14(18)22-15(19)21-11/h2-6H,7H2,1H3,(H4,18,19,21,22). The number of anilines is 3. The van der Waals surface area contributed by atoms with Crippen molar-refractivity contribution in [3.8, 4) is 0 Å². The number of halogens is 2. The molecule has 0 fully saturated rings. The van der Waals surface area contributed by atoms with Gasteiger partial charge in [0.15, 0.2) is 5.82 Å². The molecule has 6 nitrogen and oxygen atoms in total. The molecule has 3 aromatic rings. The lowest BCUT2D eigenvalue weighted by molar-refractivity contribution is 0.891. The molecular weight excluding hydrogens is 335 g/mol. The van der Waals surface area contributed by atoms with Gasteiger partial charge in [0.25, 0.3) is 0 Å². The largest absolute Gasteiger partial charge is 0.382 e. The average molecular weight is 349 g/mol. The Morgan fingerprint density at radius 3 is 2.57 bits per heavy atom. The highest BCUT2D eigenvalue weighted by Gasteiger charge is 2.10. The Bertz CT molecular complexity index is 883. The molecule has 0 radical (unpaired) electrons. The van der Waals surface area contributed by atoms with E-state index in [1.165, 1.54) is 0 Å². The topological polar surface area (TPSA) is 94.0 Å². The van der Waals surface area contributed by atoms with Crippen molar-refractivity contribution >= 4 is 51.7 Å². The summed E-state index contributed by atoms with van der Waals surface area (Å²) in [6.45, 7) is 0.543. The fraction of sp³-hybridized carbons (Fsp3) is 0.133. The molecule has 0 aliphatic rings. The second kappa shape index (κ2) is 6.06. The second-order valence-corrected chi connectivity index (χ2v) is 5.93. The van der Waals surface area contributed by atoms with Gasteiger partial charge in [-0.3, -0.25) is 0 Å². The predicted octanol–water partition coefficient (Wildman–Crippen LogP) is 3.13. The summed E-state index contributed by atoms with van der Waals surface area (Å²) in [6.07, 6.45) is 0. The van der Waals surface area contributed by atoms with Crippen LogP contribution >= 0.6 is 23.2 Å². The molecule has 0 aliphatic heterocycles. The number of benzene rings is 1. The minimum Gasteiger partial charge on any atom is -0.382 e. The maximum atomic E-state index is 6.23. The molecule has 1 aromatic carbocycles. The van der Waals surface area contributed by atoms with E-state index >= 15 is 0 Å². The molecule has 0 saturated heterocycles. The van der Waals surface area contributed by atoms with Crippen molar-refractivity contribution in [3.05, 3.63) is 46.1 Å². The van der Waals surface area contributed by atoms with E-state index in [4.69, 9.17) is 34.7 Å². The van der Waals surface area contributed by atoms with Crippen LogP contribution in [0, 0.1) is 0 Å². The highest BCUT2D eigenvalue weighted by Crippen LogP contribution is 2.29. The van der Waals surface area contributed by atoms with E-state index in [-0.39, 0.29) is 11.8 Å². The van der Waals surface area contributed by atoms with Crippen molar-refractivity contribution in [2.24, 2.45) is 0 Å². The number of aromatic nitrogens is 3. The van der Waals surface area contributed by atoms with Crippen LogP contribution in [-0.4, -0.2) is 22.0 Å². The van der Waals surface area contributed by atoms with Crippen molar-refractivity contribution in [2.45, 2.75) is 6.54 Å². The van der Waals surface area contributed by atoms with Gasteiger partial charge in [-0.1, -0.05) is 23.2 Å². The van der Waals surface area contributed by atoms with Crippen molar-refractivity contribution in [1.29, 1.82) is 0 Å². The monoisotopic (exact) mass is 348 g/mol. The summed E-state index contributed by atoms with van der Waals surface area (Å²) >= 11 is 12.2. The van der Waals surface area contributed by atoms with E-state index in [0.29, 0.717) is 27.6 Å². The Kier molecular flexibility index (Phi) is 4.11. The minimum absolute atomic E-state index is 0.134. The number of pyridine rings is 1. The number of rotatable bonds is 3. The van der Waals surface area contributed by atoms with Gasteiger partial charge >= 0.3 is 0 Å².